The summed E-state index contributed by atoms with van der Waals surface area (Å²) in [5.41, 5.74) is -0.396. The summed E-state index contributed by atoms with van der Waals surface area (Å²) in [6.07, 6.45) is -0.582. The molecule has 1 fully saturated rings. The third kappa shape index (κ3) is 1.67. The Kier molecular flexibility index (Phi) is 2.43. The Hall–Kier alpha value is -2.18. The van der Waals surface area contributed by atoms with Gasteiger partial charge in [0.15, 0.2) is 0 Å². The van der Waals surface area contributed by atoms with Crippen molar-refractivity contribution in [2.75, 3.05) is 18.1 Å². The molecule has 1 aliphatic rings. The maximum absolute atomic E-state index is 13.0. The van der Waals surface area contributed by atoms with E-state index in [1.165, 1.54) is 11.0 Å². The van der Waals surface area contributed by atoms with Gasteiger partial charge in [0.25, 0.3) is 0 Å². The number of carbonyl (C=O) groups is 1. The van der Waals surface area contributed by atoms with Crippen LogP contribution in [-0.2, 0) is 4.74 Å². The molecular weight excluding hydrogens is 219 g/mol. The fourth-order valence-corrected chi connectivity index (χ4v) is 1.44. The molecule has 0 N–H and O–H groups in total. The number of hydrogen-bond donors (Lipinski definition) is 0. The van der Waals surface area contributed by atoms with Crippen LogP contribution in [0.5, 0.6) is 0 Å². The van der Waals surface area contributed by atoms with Crippen molar-refractivity contribution in [1.29, 1.82) is 0 Å². The fraction of sp³-hybridized carbons (Fsp3) is 0.222. The normalized spacial score (nSPS) is 15.1. The second-order valence-corrected chi connectivity index (χ2v) is 3.16. The van der Waals surface area contributed by atoms with Crippen LogP contribution in [0, 0.1) is 15.9 Å². The van der Waals surface area contributed by atoms with Crippen LogP contribution in [0.4, 0.5) is 20.6 Å². The predicted molar refractivity (Wildman–Crippen MR) is 51.7 cm³/mol. The van der Waals surface area contributed by atoms with E-state index in [0.717, 1.165) is 12.1 Å². The minimum absolute atomic E-state index is 0.226. The fourth-order valence-electron chi connectivity index (χ4n) is 1.44. The van der Waals surface area contributed by atoms with Crippen molar-refractivity contribution in [3.05, 3.63) is 34.1 Å². The molecular formula is C9H7FN2O4. The summed E-state index contributed by atoms with van der Waals surface area (Å²) < 4.78 is 17.7. The van der Waals surface area contributed by atoms with Gasteiger partial charge in [-0.05, 0) is 12.1 Å². The Balaban J connectivity index is 2.39. The number of halogens is 1. The van der Waals surface area contributed by atoms with Crippen LogP contribution in [-0.4, -0.2) is 24.2 Å². The first-order valence-electron chi connectivity index (χ1n) is 4.48. The van der Waals surface area contributed by atoms with Crippen LogP contribution >= 0.6 is 0 Å². The van der Waals surface area contributed by atoms with E-state index in [4.69, 9.17) is 0 Å². The molecule has 0 spiro atoms. The lowest BCUT2D eigenvalue weighted by atomic mass is 10.2. The molecule has 0 aliphatic carbocycles. The number of nitro groups is 1. The van der Waals surface area contributed by atoms with E-state index >= 15 is 0 Å². The third-order valence-corrected chi connectivity index (χ3v) is 2.20. The minimum Gasteiger partial charge on any atom is -0.447 e. The second kappa shape index (κ2) is 3.76. The molecule has 1 aromatic carbocycles. The number of carbonyl (C=O) groups excluding carboxylic acids is 1. The van der Waals surface area contributed by atoms with E-state index < -0.39 is 22.5 Å². The van der Waals surface area contributed by atoms with Crippen molar-refractivity contribution >= 4 is 17.5 Å². The molecule has 0 aromatic heterocycles. The molecule has 0 saturated carbocycles. The summed E-state index contributed by atoms with van der Waals surface area (Å²) in [6, 6.07) is 3.27. The van der Waals surface area contributed by atoms with Gasteiger partial charge < -0.3 is 4.74 Å². The lowest BCUT2D eigenvalue weighted by Crippen LogP contribution is -2.23. The van der Waals surface area contributed by atoms with Gasteiger partial charge in [-0.2, -0.15) is 4.39 Å². The number of cyclic esters (lactones) is 1. The molecule has 1 saturated heterocycles. The zero-order valence-electron chi connectivity index (χ0n) is 8.05. The Morgan fingerprint density at radius 1 is 1.50 bits per heavy atom. The molecule has 7 heteroatoms. The number of hydrogen-bond acceptors (Lipinski definition) is 4. The average molecular weight is 226 g/mol. The first-order chi connectivity index (χ1) is 7.59. The molecule has 0 radical (unpaired) electrons. The van der Waals surface area contributed by atoms with E-state index in [9.17, 15) is 19.3 Å². The minimum atomic E-state index is -0.929. The molecule has 2 rings (SSSR count). The summed E-state index contributed by atoms with van der Waals surface area (Å²) >= 11 is 0. The lowest BCUT2D eigenvalue weighted by Gasteiger charge is -2.11. The van der Waals surface area contributed by atoms with Crippen LogP contribution in [0.15, 0.2) is 18.2 Å². The van der Waals surface area contributed by atoms with E-state index in [1.54, 1.807) is 0 Å². The van der Waals surface area contributed by atoms with Crippen LogP contribution in [0.2, 0.25) is 0 Å². The van der Waals surface area contributed by atoms with Crippen molar-refractivity contribution in [3.63, 3.8) is 0 Å². The molecule has 0 unspecified atom stereocenters. The highest BCUT2D eigenvalue weighted by molar-refractivity contribution is 5.89. The smallest absolute Gasteiger partial charge is 0.414 e. The highest BCUT2D eigenvalue weighted by Gasteiger charge is 2.26. The summed E-state index contributed by atoms with van der Waals surface area (Å²) in [5, 5.41) is 10.5. The van der Waals surface area contributed by atoms with Crippen molar-refractivity contribution in [1.82, 2.24) is 0 Å². The van der Waals surface area contributed by atoms with Crippen LogP contribution < -0.4 is 4.90 Å². The first kappa shape index (κ1) is 10.3. The van der Waals surface area contributed by atoms with Gasteiger partial charge in [0, 0.05) is 6.07 Å². The van der Waals surface area contributed by atoms with Gasteiger partial charge in [0.2, 0.25) is 5.82 Å². The van der Waals surface area contributed by atoms with Crippen LogP contribution in [0.1, 0.15) is 0 Å². The molecule has 1 amide bonds. The van der Waals surface area contributed by atoms with Gasteiger partial charge in [0.05, 0.1) is 17.2 Å². The molecule has 0 atom stereocenters. The standard InChI is InChI=1S/C9H7FN2O4/c10-7-2-1-6(5-8(7)12(14)15)11-3-4-16-9(11)13/h1-2,5H,3-4H2. The first-order valence-corrected chi connectivity index (χ1v) is 4.48. The summed E-state index contributed by atoms with van der Waals surface area (Å²) in [5.74, 6) is -0.929. The van der Waals surface area contributed by atoms with E-state index in [-0.39, 0.29) is 12.3 Å². The van der Waals surface area contributed by atoms with Crippen molar-refractivity contribution in [2.45, 2.75) is 0 Å². The number of ether oxygens (including phenoxy) is 1. The Labute approximate surface area is 89.4 Å². The molecule has 6 nitrogen and oxygen atoms in total. The largest absolute Gasteiger partial charge is 0.447 e. The highest BCUT2D eigenvalue weighted by atomic mass is 19.1. The number of benzene rings is 1. The quantitative estimate of drug-likeness (QED) is 0.568. The topological polar surface area (TPSA) is 72.7 Å². The van der Waals surface area contributed by atoms with E-state index in [2.05, 4.69) is 4.74 Å². The number of anilines is 1. The molecule has 16 heavy (non-hydrogen) atoms. The summed E-state index contributed by atoms with van der Waals surface area (Å²) in [4.78, 5) is 22.1. The zero-order valence-corrected chi connectivity index (χ0v) is 8.05. The SMILES string of the molecule is O=C1OCCN1c1ccc(F)c([N+](=O)[O-])c1. The van der Waals surface area contributed by atoms with Gasteiger partial charge in [-0.3, -0.25) is 15.0 Å². The van der Waals surface area contributed by atoms with Gasteiger partial charge in [0.1, 0.15) is 6.61 Å². The lowest BCUT2D eigenvalue weighted by molar-refractivity contribution is -0.387. The van der Waals surface area contributed by atoms with Gasteiger partial charge >= 0.3 is 11.8 Å². The molecule has 84 valence electrons. The van der Waals surface area contributed by atoms with Gasteiger partial charge in [-0.15, -0.1) is 0 Å². The van der Waals surface area contributed by atoms with E-state index in [0.29, 0.717) is 6.54 Å². The van der Waals surface area contributed by atoms with Crippen molar-refractivity contribution in [3.8, 4) is 0 Å². The van der Waals surface area contributed by atoms with Gasteiger partial charge in [-0.25, -0.2) is 4.79 Å². The highest BCUT2D eigenvalue weighted by Crippen LogP contribution is 2.26. The molecule has 1 aromatic rings. The summed E-state index contributed by atoms with van der Waals surface area (Å²) in [7, 11) is 0. The van der Waals surface area contributed by atoms with E-state index in [1.807, 2.05) is 0 Å². The second-order valence-electron chi connectivity index (χ2n) is 3.16. The average Bonchev–Trinajstić information content (AvgIpc) is 2.65. The monoisotopic (exact) mass is 226 g/mol. The maximum Gasteiger partial charge on any atom is 0.414 e. The third-order valence-electron chi connectivity index (χ3n) is 2.20. The number of amides is 1. The Morgan fingerprint density at radius 2 is 2.25 bits per heavy atom. The van der Waals surface area contributed by atoms with Crippen molar-refractivity contribution < 1.29 is 18.8 Å². The maximum atomic E-state index is 13.0. The van der Waals surface area contributed by atoms with Crippen LogP contribution in [0.25, 0.3) is 0 Å². The number of nitro benzene ring substituents is 1. The Bertz CT molecular complexity index is 463. The van der Waals surface area contributed by atoms with Crippen LogP contribution in [0.3, 0.4) is 0 Å². The molecule has 1 heterocycles. The molecule has 0 bridgehead atoms. The predicted octanol–water partition coefficient (Wildman–Crippen LogP) is 1.69. The zero-order chi connectivity index (χ0) is 11.7. The number of nitrogens with zero attached hydrogens (tertiary/aromatic N) is 2. The summed E-state index contributed by atoms with van der Waals surface area (Å²) in [6.45, 7) is 0.533. The van der Waals surface area contributed by atoms with Crippen molar-refractivity contribution in [2.24, 2.45) is 0 Å². The Morgan fingerprint density at radius 3 is 2.81 bits per heavy atom. The van der Waals surface area contributed by atoms with Gasteiger partial charge in [-0.1, -0.05) is 0 Å². The molecule has 1 aliphatic heterocycles. The number of rotatable bonds is 2.